The minimum atomic E-state index is -0.782. The molecular weight excluding hydrogens is 206 g/mol. The lowest BCUT2D eigenvalue weighted by Crippen LogP contribution is -2.33. The van der Waals surface area contributed by atoms with Crippen molar-refractivity contribution in [2.24, 2.45) is 22.4 Å². The number of hydrogen-bond donors (Lipinski definition) is 1. The van der Waals surface area contributed by atoms with Gasteiger partial charge in [-0.05, 0) is 31.1 Å². The standard InChI is InChI=1S/C11H19N3O2/c1-8-4-5-9(11(8,2)3)6-7-14(13-16)10(12)15/h4,9H,5-7H2,1-3H3,(H2,12,15). The molecule has 90 valence electrons. The minimum absolute atomic E-state index is 0.131. The van der Waals surface area contributed by atoms with Crippen LogP contribution in [0.1, 0.15) is 33.6 Å². The number of nitrogens with zero attached hydrogens (tertiary/aromatic N) is 2. The maximum atomic E-state index is 10.8. The molecule has 0 saturated heterocycles. The summed E-state index contributed by atoms with van der Waals surface area (Å²) >= 11 is 0. The minimum Gasteiger partial charge on any atom is -0.350 e. The molecule has 0 aromatic heterocycles. The third-order valence-corrected chi connectivity index (χ3v) is 3.79. The number of allylic oxidation sites excluding steroid dienone is 2. The Hall–Kier alpha value is -1.39. The summed E-state index contributed by atoms with van der Waals surface area (Å²) in [6.07, 6.45) is 3.95. The molecule has 1 aliphatic rings. The van der Waals surface area contributed by atoms with Gasteiger partial charge in [-0.1, -0.05) is 25.5 Å². The topological polar surface area (TPSA) is 75.8 Å². The second kappa shape index (κ2) is 4.63. The summed E-state index contributed by atoms with van der Waals surface area (Å²) in [6.45, 7) is 6.77. The molecule has 0 bridgehead atoms. The SMILES string of the molecule is CC1=CCC(CCN(N=O)C(N)=O)C1(C)C. The number of nitrogens with two attached hydrogens (primary N) is 1. The van der Waals surface area contributed by atoms with Gasteiger partial charge in [0.2, 0.25) is 0 Å². The Balaban J connectivity index is 2.52. The van der Waals surface area contributed by atoms with Crippen molar-refractivity contribution in [1.29, 1.82) is 0 Å². The third kappa shape index (κ3) is 2.40. The lowest BCUT2D eigenvalue weighted by atomic mass is 9.76. The average Bonchev–Trinajstić information content (AvgIpc) is 2.44. The maximum absolute atomic E-state index is 10.8. The smallest absolute Gasteiger partial charge is 0.337 e. The molecule has 2 N–H and O–H groups in total. The third-order valence-electron chi connectivity index (χ3n) is 3.79. The van der Waals surface area contributed by atoms with Gasteiger partial charge >= 0.3 is 6.03 Å². The molecule has 1 rings (SSSR count). The fourth-order valence-corrected chi connectivity index (χ4v) is 2.15. The lowest BCUT2D eigenvalue weighted by molar-refractivity contribution is 0.193. The zero-order chi connectivity index (χ0) is 12.3. The monoisotopic (exact) mass is 225 g/mol. The molecule has 1 aliphatic carbocycles. The highest BCUT2D eigenvalue weighted by atomic mass is 16.3. The van der Waals surface area contributed by atoms with E-state index in [4.69, 9.17) is 5.73 Å². The van der Waals surface area contributed by atoms with Crippen molar-refractivity contribution in [2.75, 3.05) is 6.54 Å². The molecule has 0 spiro atoms. The van der Waals surface area contributed by atoms with E-state index in [2.05, 4.69) is 32.1 Å². The summed E-state index contributed by atoms with van der Waals surface area (Å²) in [7, 11) is 0. The van der Waals surface area contributed by atoms with Gasteiger partial charge in [0.05, 0.1) is 5.29 Å². The van der Waals surface area contributed by atoms with Crippen molar-refractivity contribution in [3.63, 3.8) is 0 Å². The van der Waals surface area contributed by atoms with Gasteiger partial charge in [-0.2, -0.15) is 5.01 Å². The normalized spacial score (nSPS) is 22.7. The van der Waals surface area contributed by atoms with Crippen LogP contribution in [-0.4, -0.2) is 17.6 Å². The zero-order valence-electron chi connectivity index (χ0n) is 10.1. The highest BCUT2D eigenvalue weighted by molar-refractivity contribution is 5.71. The second-order valence-corrected chi connectivity index (χ2v) is 4.87. The number of rotatable bonds is 4. The number of carbonyl (C=O) groups excluding carboxylic acids is 1. The highest BCUT2D eigenvalue weighted by Crippen LogP contribution is 2.44. The van der Waals surface area contributed by atoms with Gasteiger partial charge in [0.15, 0.2) is 0 Å². The largest absolute Gasteiger partial charge is 0.350 e. The van der Waals surface area contributed by atoms with E-state index < -0.39 is 6.03 Å². The van der Waals surface area contributed by atoms with Gasteiger partial charge in [-0.3, -0.25) is 0 Å². The Labute approximate surface area is 95.6 Å². The van der Waals surface area contributed by atoms with Gasteiger partial charge in [0.25, 0.3) is 0 Å². The van der Waals surface area contributed by atoms with Crippen LogP contribution in [0.4, 0.5) is 4.79 Å². The van der Waals surface area contributed by atoms with Crippen molar-refractivity contribution < 1.29 is 4.79 Å². The Kier molecular flexibility index (Phi) is 3.67. The number of urea groups is 1. The summed E-state index contributed by atoms with van der Waals surface area (Å²) in [5.41, 5.74) is 6.50. The fraction of sp³-hybridized carbons (Fsp3) is 0.727. The highest BCUT2D eigenvalue weighted by Gasteiger charge is 2.34. The van der Waals surface area contributed by atoms with Crippen molar-refractivity contribution in [1.82, 2.24) is 5.01 Å². The van der Waals surface area contributed by atoms with Gasteiger partial charge < -0.3 is 5.73 Å². The first-order valence-electron chi connectivity index (χ1n) is 5.47. The van der Waals surface area contributed by atoms with Crippen LogP contribution in [-0.2, 0) is 0 Å². The summed E-state index contributed by atoms with van der Waals surface area (Å²) in [6, 6.07) is -0.782. The van der Waals surface area contributed by atoms with E-state index in [0.717, 1.165) is 17.9 Å². The summed E-state index contributed by atoms with van der Waals surface area (Å²) < 4.78 is 0. The molecule has 1 atom stereocenters. The van der Waals surface area contributed by atoms with Crippen molar-refractivity contribution >= 4 is 6.03 Å². The molecule has 2 amide bonds. The van der Waals surface area contributed by atoms with Gasteiger partial charge in [-0.25, -0.2) is 4.79 Å². The number of carbonyl (C=O) groups is 1. The van der Waals surface area contributed by atoms with Crippen LogP contribution in [0.15, 0.2) is 16.9 Å². The summed E-state index contributed by atoms with van der Waals surface area (Å²) in [5.74, 6) is 0.441. The molecule has 5 heteroatoms. The Bertz CT molecular complexity index is 323. The number of hydrogen-bond acceptors (Lipinski definition) is 3. The molecule has 0 fully saturated rings. The van der Waals surface area contributed by atoms with E-state index in [0.29, 0.717) is 12.5 Å². The van der Waals surface area contributed by atoms with Gasteiger partial charge in [-0.15, -0.1) is 4.91 Å². The van der Waals surface area contributed by atoms with Crippen LogP contribution in [0.5, 0.6) is 0 Å². The predicted molar refractivity (Wildman–Crippen MR) is 62.3 cm³/mol. The van der Waals surface area contributed by atoms with Gasteiger partial charge in [0.1, 0.15) is 0 Å². The van der Waals surface area contributed by atoms with Crippen LogP contribution < -0.4 is 5.73 Å². The van der Waals surface area contributed by atoms with Crippen LogP contribution >= 0.6 is 0 Å². The van der Waals surface area contributed by atoms with Crippen LogP contribution in [0.3, 0.4) is 0 Å². The van der Waals surface area contributed by atoms with Crippen LogP contribution in [0.2, 0.25) is 0 Å². The second-order valence-electron chi connectivity index (χ2n) is 4.87. The van der Waals surface area contributed by atoms with E-state index in [1.165, 1.54) is 5.57 Å². The average molecular weight is 225 g/mol. The molecule has 5 nitrogen and oxygen atoms in total. The lowest BCUT2D eigenvalue weighted by Gasteiger charge is -2.30. The molecule has 0 saturated carbocycles. The van der Waals surface area contributed by atoms with E-state index in [1.54, 1.807) is 0 Å². The summed E-state index contributed by atoms with van der Waals surface area (Å²) in [5, 5.41) is 3.39. The molecule has 16 heavy (non-hydrogen) atoms. The Morgan fingerprint density at radius 1 is 1.69 bits per heavy atom. The zero-order valence-corrected chi connectivity index (χ0v) is 10.1. The first-order chi connectivity index (χ1) is 7.39. The number of nitroso groups, excluding NO2 is 1. The van der Waals surface area contributed by atoms with Crippen molar-refractivity contribution in [3.05, 3.63) is 16.6 Å². The Morgan fingerprint density at radius 2 is 2.31 bits per heavy atom. The first-order valence-corrected chi connectivity index (χ1v) is 5.47. The molecule has 0 radical (unpaired) electrons. The van der Waals surface area contributed by atoms with Crippen LogP contribution in [0, 0.1) is 16.2 Å². The number of primary amides is 1. The molecule has 0 aromatic carbocycles. The van der Waals surface area contributed by atoms with E-state index in [1.807, 2.05) is 0 Å². The van der Waals surface area contributed by atoms with E-state index >= 15 is 0 Å². The maximum Gasteiger partial charge on any atom is 0.337 e. The van der Waals surface area contributed by atoms with Gasteiger partial charge in [0, 0.05) is 6.54 Å². The fourth-order valence-electron chi connectivity index (χ4n) is 2.15. The predicted octanol–water partition coefficient (Wildman–Crippen LogP) is 2.43. The molecule has 1 unspecified atom stereocenters. The molecule has 0 aromatic rings. The Morgan fingerprint density at radius 3 is 2.69 bits per heavy atom. The number of amides is 2. The quantitative estimate of drug-likeness (QED) is 0.453. The van der Waals surface area contributed by atoms with E-state index in [-0.39, 0.29) is 5.41 Å². The van der Waals surface area contributed by atoms with E-state index in [9.17, 15) is 9.70 Å². The van der Waals surface area contributed by atoms with Crippen molar-refractivity contribution in [2.45, 2.75) is 33.6 Å². The molecular formula is C11H19N3O2. The molecule has 0 heterocycles. The van der Waals surface area contributed by atoms with Crippen molar-refractivity contribution in [3.8, 4) is 0 Å². The first kappa shape index (κ1) is 12.7. The summed E-state index contributed by atoms with van der Waals surface area (Å²) in [4.78, 5) is 21.1. The molecule has 0 aliphatic heterocycles. The van der Waals surface area contributed by atoms with Crippen LogP contribution in [0.25, 0.3) is 0 Å².